The summed E-state index contributed by atoms with van der Waals surface area (Å²) in [7, 11) is 0. The van der Waals surface area contributed by atoms with Crippen LogP contribution in [0.1, 0.15) is 271 Å². The summed E-state index contributed by atoms with van der Waals surface area (Å²) >= 11 is 0. The number of carbonyl (C=O) groups is 3. The maximum atomic E-state index is 12.9. The van der Waals surface area contributed by atoms with Crippen molar-refractivity contribution in [1.82, 2.24) is 0 Å². The Morgan fingerprint density at radius 3 is 0.914 bits per heavy atom. The highest BCUT2D eigenvalue weighted by Gasteiger charge is 2.19. The van der Waals surface area contributed by atoms with Gasteiger partial charge in [-0.05, 0) is 89.9 Å². The molecule has 6 heteroatoms. The second kappa shape index (κ2) is 57.9. The van der Waals surface area contributed by atoms with Crippen LogP contribution in [0.3, 0.4) is 0 Å². The van der Waals surface area contributed by atoms with Crippen LogP contribution in [-0.2, 0) is 28.6 Å². The van der Waals surface area contributed by atoms with Crippen molar-refractivity contribution in [3.63, 3.8) is 0 Å². The van der Waals surface area contributed by atoms with Crippen LogP contribution in [0.4, 0.5) is 0 Å². The number of esters is 3. The molecule has 0 fully saturated rings. The SMILES string of the molecule is CC\C=C/C=C\C=C/C=C\CCCCCCCC(=O)OCC(COC(=O)CCCCCCCCC/C=C\CCCCCCCCCC)OC(=O)CCCCCCC\C=C/C=C\C=C/CCCCCCC. The largest absolute Gasteiger partial charge is 0.462 e. The minimum Gasteiger partial charge on any atom is -0.462 e. The second-order valence-corrected chi connectivity index (χ2v) is 19.3. The molecule has 0 aromatic carbocycles. The van der Waals surface area contributed by atoms with Gasteiger partial charge in [0.2, 0.25) is 0 Å². The third kappa shape index (κ3) is 55.3. The fourth-order valence-electron chi connectivity index (χ4n) is 8.04. The molecule has 0 aliphatic rings. The van der Waals surface area contributed by atoms with E-state index in [9.17, 15) is 14.4 Å². The zero-order valence-electron chi connectivity index (χ0n) is 45.8. The van der Waals surface area contributed by atoms with Gasteiger partial charge in [-0.15, -0.1) is 0 Å². The molecule has 0 aliphatic carbocycles. The lowest BCUT2D eigenvalue weighted by Crippen LogP contribution is -2.30. The Bertz CT molecular complexity index is 1400. The number of hydrogen-bond acceptors (Lipinski definition) is 6. The van der Waals surface area contributed by atoms with Crippen molar-refractivity contribution in [3.05, 3.63) is 97.2 Å². The normalized spacial score (nSPS) is 12.8. The van der Waals surface area contributed by atoms with Gasteiger partial charge in [-0.3, -0.25) is 14.4 Å². The minimum absolute atomic E-state index is 0.0964. The standard InChI is InChI=1S/C64H108O6/c1-4-7-10-13-16-19-22-25-28-30-32-34-36-39-42-45-48-51-54-57-63(66)69-60-61(59-68-62(65)56-53-50-47-44-41-38-35-27-24-21-18-15-12-9-6-3)70-64(67)58-55-52-49-46-43-40-37-33-31-29-26-23-20-17-14-11-8-5-2/h9,12,15,18,21,23-24,26-27,29-33,35,37,61H,4-8,10-11,13-14,16-17,19-20,22,25,28,34,36,38-60H2,1-3H3/b12-9-,18-15-,24-21-,26-23-,31-29-,32-30-,35-27-,37-33-. The maximum Gasteiger partial charge on any atom is 0.306 e. The molecule has 0 bridgehead atoms. The molecule has 0 saturated carbocycles. The quantitative estimate of drug-likeness (QED) is 0.0199. The van der Waals surface area contributed by atoms with E-state index >= 15 is 0 Å². The summed E-state index contributed by atoms with van der Waals surface area (Å²) in [6, 6.07) is 0. The predicted octanol–water partition coefficient (Wildman–Crippen LogP) is 19.7. The predicted molar refractivity (Wildman–Crippen MR) is 302 cm³/mol. The maximum absolute atomic E-state index is 12.9. The van der Waals surface area contributed by atoms with Gasteiger partial charge in [0.25, 0.3) is 0 Å². The van der Waals surface area contributed by atoms with E-state index in [1.54, 1.807) is 0 Å². The van der Waals surface area contributed by atoms with Gasteiger partial charge in [-0.1, -0.05) is 259 Å². The van der Waals surface area contributed by atoms with Gasteiger partial charge < -0.3 is 14.2 Å². The molecule has 0 rings (SSSR count). The lowest BCUT2D eigenvalue weighted by Gasteiger charge is -2.18. The number of rotatable bonds is 52. The Hall–Kier alpha value is -3.67. The highest BCUT2D eigenvalue weighted by atomic mass is 16.6. The fraction of sp³-hybridized carbons (Fsp3) is 0.703. The van der Waals surface area contributed by atoms with Crippen molar-refractivity contribution < 1.29 is 28.6 Å². The lowest BCUT2D eigenvalue weighted by molar-refractivity contribution is -0.167. The number of carbonyl (C=O) groups excluding carboxylic acids is 3. The lowest BCUT2D eigenvalue weighted by atomic mass is 10.1. The van der Waals surface area contributed by atoms with Crippen molar-refractivity contribution in [2.45, 2.75) is 277 Å². The van der Waals surface area contributed by atoms with E-state index in [1.165, 1.54) is 122 Å². The molecular weight excluding hydrogens is 865 g/mol. The summed E-state index contributed by atoms with van der Waals surface area (Å²) in [4.78, 5) is 38.2. The third-order valence-corrected chi connectivity index (χ3v) is 12.4. The van der Waals surface area contributed by atoms with Gasteiger partial charge in [0, 0.05) is 19.3 Å². The third-order valence-electron chi connectivity index (χ3n) is 12.4. The van der Waals surface area contributed by atoms with Crippen LogP contribution in [0.5, 0.6) is 0 Å². The van der Waals surface area contributed by atoms with E-state index in [2.05, 4.69) is 99.8 Å². The Balaban J connectivity index is 4.46. The number of ether oxygens (including phenoxy) is 3. The highest BCUT2D eigenvalue weighted by molar-refractivity contribution is 5.71. The Labute approximate surface area is 432 Å². The monoisotopic (exact) mass is 973 g/mol. The van der Waals surface area contributed by atoms with Crippen LogP contribution < -0.4 is 0 Å². The van der Waals surface area contributed by atoms with E-state index in [0.29, 0.717) is 19.3 Å². The van der Waals surface area contributed by atoms with E-state index < -0.39 is 6.10 Å². The molecule has 400 valence electrons. The molecule has 0 heterocycles. The first kappa shape index (κ1) is 66.3. The average molecular weight is 974 g/mol. The van der Waals surface area contributed by atoms with Gasteiger partial charge in [-0.2, -0.15) is 0 Å². The molecule has 0 aromatic rings. The Kier molecular flexibility index (Phi) is 54.9. The Morgan fingerprint density at radius 1 is 0.300 bits per heavy atom. The molecule has 1 atom stereocenters. The molecule has 1 unspecified atom stereocenters. The number of allylic oxidation sites excluding steroid dienone is 16. The van der Waals surface area contributed by atoms with Crippen LogP contribution in [0, 0.1) is 0 Å². The summed E-state index contributed by atoms with van der Waals surface area (Å²) in [5.41, 5.74) is 0. The van der Waals surface area contributed by atoms with Crippen molar-refractivity contribution in [2.24, 2.45) is 0 Å². The van der Waals surface area contributed by atoms with Crippen LogP contribution in [0.15, 0.2) is 97.2 Å². The number of hydrogen-bond donors (Lipinski definition) is 0. The molecule has 0 amide bonds. The van der Waals surface area contributed by atoms with Gasteiger partial charge >= 0.3 is 17.9 Å². The van der Waals surface area contributed by atoms with E-state index in [1.807, 2.05) is 18.2 Å². The van der Waals surface area contributed by atoms with Gasteiger partial charge in [-0.25, -0.2) is 0 Å². The highest BCUT2D eigenvalue weighted by Crippen LogP contribution is 2.15. The molecule has 0 radical (unpaired) electrons. The van der Waals surface area contributed by atoms with Crippen LogP contribution in [0.25, 0.3) is 0 Å². The molecule has 0 aromatic heterocycles. The molecular formula is C64H108O6. The fourth-order valence-corrected chi connectivity index (χ4v) is 8.04. The summed E-state index contributed by atoms with van der Waals surface area (Å²) in [5.74, 6) is -0.940. The van der Waals surface area contributed by atoms with Crippen molar-refractivity contribution in [2.75, 3.05) is 13.2 Å². The smallest absolute Gasteiger partial charge is 0.306 e. The van der Waals surface area contributed by atoms with Gasteiger partial charge in [0.1, 0.15) is 13.2 Å². The molecule has 0 N–H and O–H groups in total. The molecule has 0 saturated heterocycles. The zero-order valence-corrected chi connectivity index (χ0v) is 45.8. The molecule has 0 spiro atoms. The number of unbranched alkanes of at least 4 members (excludes halogenated alkanes) is 30. The first-order valence-corrected chi connectivity index (χ1v) is 29.3. The van der Waals surface area contributed by atoms with Crippen LogP contribution in [0.2, 0.25) is 0 Å². The Morgan fingerprint density at radius 2 is 0.571 bits per heavy atom. The van der Waals surface area contributed by atoms with Crippen LogP contribution in [-0.4, -0.2) is 37.2 Å². The van der Waals surface area contributed by atoms with E-state index in [-0.39, 0.29) is 31.1 Å². The first-order valence-electron chi connectivity index (χ1n) is 29.3. The topological polar surface area (TPSA) is 78.9 Å². The summed E-state index contributed by atoms with van der Waals surface area (Å²) in [5, 5.41) is 0. The van der Waals surface area contributed by atoms with Gasteiger partial charge in [0.05, 0.1) is 0 Å². The first-order chi connectivity index (χ1) is 34.5. The van der Waals surface area contributed by atoms with Crippen LogP contribution >= 0.6 is 0 Å². The van der Waals surface area contributed by atoms with E-state index in [4.69, 9.17) is 14.2 Å². The summed E-state index contributed by atoms with van der Waals surface area (Å²) < 4.78 is 16.8. The molecule has 70 heavy (non-hydrogen) atoms. The van der Waals surface area contributed by atoms with Crippen molar-refractivity contribution in [1.29, 1.82) is 0 Å². The summed E-state index contributed by atoms with van der Waals surface area (Å²) in [6.07, 6.45) is 76.8. The van der Waals surface area contributed by atoms with Crippen molar-refractivity contribution in [3.8, 4) is 0 Å². The van der Waals surface area contributed by atoms with Crippen molar-refractivity contribution >= 4 is 17.9 Å². The second-order valence-electron chi connectivity index (χ2n) is 19.3. The summed E-state index contributed by atoms with van der Waals surface area (Å²) in [6.45, 7) is 6.46. The molecule has 6 nitrogen and oxygen atoms in total. The zero-order chi connectivity index (χ0) is 50.7. The van der Waals surface area contributed by atoms with E-state index in [0.717, 1.165) is 109 Å². The average Bonchev–Trinajstić information content (AvgIpc) is 3.36. The van der Waals surface area contributed by atoms with Gasteiger partial charge in [0.15, 0.2) is 6.10 Å². The molecule has 0 aliphatic heterocycles. The minimum atomic E-state index is -0.802.